The molecule has 0 spiro atoms. The Kier molecular flexibility index (Phi) is 47.1. The Balaban J connectivity index is 4.52. The molecule has 0 aromatic heterocycles. The third-order valence-electron chi connectivity index (χ3n) is 9.98. The average molecular weight is 871 g/mol. The van der Waals surface area contributed by atoms with E-state index in [1.165, 1.54) is 51.4 Å². The monoisotopic (exact) mass is 871 g/mol. The molecule has 0 fully saturated rings. The number of rotatable bonds is 43. The lowest BCUT2D eigenvalue weighted by Gasteiger charge is -2.18. The van der Waals surface area contributed by atoms with E-state index in [2.05, 4.69) is 130 Å². The quantitative estimate of drug-likeness (QED) is 0.0263. The van der Waals surface area contributed by atoms with Gasteiger partial charge in [0.25, 0.3) is 0 Å². The second-order valence-electron chi connectivity index (χ2n) is 16.0. The highest BCUT2D eigenvalue weighted by Crippen LogP contribution is 2.13. The van der Waals surface area contributed by atoms with Crippen LogP contribution in [0.15, 0.2) is 122 Å². The molecule has 0 rings (SSSR count). The van der Waals surface area contributed by atoms with Gasteiger partial charge in [0.05, 0.1) is 0 Å². The van der Waals surface area contributed by atoms with Crippen molar-refractivity contribution in [2.45, 2.75) is 207 Å². The van der Waals surface area contributed by atoms with Gasteiger partial charge in [0.2, 0.25) is 0 Å². The van der Waals surface area contributed by atoms with Crippen LogP contribution in [0.4, 0.5) is 0 Å². The van der Waals surface area contributed by atoms with Gasteiger partial charge in [-0.2, -0.15) is 0 Å². The fourth-order valence-corrected chi connectivity index (χ4v) is 6.28. The second-order valence-corrected chi connectivity index (χ2v) is 16.0. The predicted molar refractivity (Wildman–Crippen MR) is 269 cm³/mol. The van der Waals surface area contributed by atoms with E-state index in [0.717, 1.165) is 96.3 Å². The molecule has 0 saturated heterocycles. The van der Waals surface area contributed by atoms with E-state index < -0.39 is 12.1 Å². The summed E-state index contributed by atoms with van der Waals surface area (Å²) in [5.41, 5.74) is 0. The van der Waals surface area contributed by atoms with Crippen molar-refractivity contribution < 1.29 is 28.6 Å². The molecule has 0 amide bonds. The number of carbonyl (C=O) groups is 3. The van der Waals surface area contributed by atoms with Crippen LogP contribution in [0.1, 0.15) is 201 Å². The Hall–Kier alpha value is -4.19. The van der Waals surface area contributed by atoms with E-state index in [9.17, 15) is 14.4 Å². The molecule has 0 N–H and O–H groups in total. The smallest absolute Gasteiger partial charge is 0.306 e. The average Bonchev–Trinajstić information content (AvgIpc) is 3.28. The van der Waals surface area contributed by atoms with Crippen molar-refractivity contribution in [3.8, 4) is 0 Å². The summed E-state index contributed by atoms with van der Waals surface area (Å²) in [6.07, 6.45) is 69.1. The van der Waals surface area contributed by atoms with E-state index >= 15 is 0 Å². The van der Waals surface area contributed by atoms with Crippen molar-refractivity contribution in [3.05, 3.63) is 122 Å². The number of allylic oxidation sites excluding steroid dienone is 20. The second kappa shape index (κ2) is 50.5. The van der Waals surface area contributed by atoms with Crippen molar-refractivity contribution >= 4 is 17.9 Å². The first-order valence-electron chi connectivity index (χ1n) is 25.0. The third-order valence-corrected chi connectivity index (χ3v) is 9.98. The summed E-state index contributed by atoms with van der Waals surface area (Å²) in [6.45, 7) is 6.28. The van der Waals surface area contributed by atoms with E-state index in [1.54, 1.807) is 0 Å². The van der Waals surface area contributed by atoms with Gasteiger partial charge in [-0.25, -0.2) is 0 Å². The molecule has 63 heavy (non-hydrogen) atoms. The highest BCUT2D eigenvalue weighted by atomic mass is 16.6. The van der Waals surface area contributed by atoms with Crippen LogP contribution in [0.3, 0.4) is 0 Å². The lowest BCUT2D eigenvalue weighted by molar-refractivity contribution is -0.166. The van der Waals surface area contributed by atoms with Crippen molar-refractivity contribution in [3.63, 3.8) is 0 Å². The molecule has 0 aliphatic heterocycles. The molecule has 0 radical (unpaired) electrons. The number of hydrogen-bond donors (Lipinski definition) is 0. The van der Waals surface area contributed by atoms with Crippen molar-refractivity contribution in [1.29, 1.82) is 0 Å². The molecule has 0 aromatic carbocycles. The van der Waals surface area contributed by atoms with Gasteiger partial charge >= 0.3 is 17.9 Å². The van der Waals surface area contributed by atoms with E-state index in [-0.39, 0.29) is 38.0 Å². The van der Waals surface area contributed by atoms with Crippen molar-refractivity contribution in [1.82, 2.24) is 0 Å². The lowest BCUT2D eigenvalue weighted by atomic mass is 10.1. The topological polar surface area (TPSA) is 78.9 Å². The Morgan fingerprint density at radius 3 is 1.03 bits per heavy atom. The minimum atomic E-state index is -0.834. The zero-order valence-corrected chi connectivity index (χ0v) is 40.3. The number of esters is 3. The standard InChI is InChI=1S/C57H90O6/c1-4-7-10-13-16-19-22-24-25-26-27-28-29-30-31-33-35-38-41-44-47-50-56(59)62-53-54(52-61-55(58)49-46-43-40-37-34-21-18-15-12-9-6-3)63-57(60)51-48-45-42-39-36-32-23-20-17-14-11-8-5-2/h7-8,10-11,16-17,19-20,24-25,27-28,30-32,35-36,38,42,45,54H,4-6,9,12-15,18,21-23,26,29,33-34,37,39-41,43-44,46-53H2,1-3H3/b10-7-,11-8-,19-16-,20-17-,25-24-,28-27-,31-30-,36-32-,38-35-,45-42-. The van der Waals surface area contributed by atoms with E-state index in [0.29, 0.717) is 19.3 Å². The molecule has 0 heterocycles. The zero-order valence-electron chi connectivity index (χ0n) is 40.3. The first kappa shape index (κ1) is 58.8. The van der Waals surface area contributed by atoms with Crippen molar-refractivity contribution in [2.75, 3.05) is 13.2 Å². The fraction of sp³-hybridized carbons (Fsp3) is 0.596. The van der Waals surface area contributed by atoms with Crippen LogP contribution in [0, 0.1) is 0 Å². The third kappa shape index (κ3) is 48.7. The zero-order chi connectivity index (χ0) is 45.8. The molecule has 0 saturated carbocycles. The summed E-state index contributed by atoms with van der Waals surface area (Å²) < 4.78 is 16.6. The molecule has 6 nitrogen and oxygen atoms in total. The molecule has 354 valence electrons. The van der Waals surface area contributed by atoms with Gasteiger partial charge in [0, 0.05) is 19.3 Å². The van der Waals surface area contributed by atoms with Crippen LogP contribution in [0.25, 0.3) is 0 Å². The van der Waals surface area contributed by atoms with Crippen LogP contribution in [-0.4, -0.2) is 37.2 Å². The van der Waals surface area contributed by atoms with Gasteiger partial charge in [-0.3, -0.25) is 14.4 Å². The maximum atomic E-state index is 12.7. The van der Waals surface area contributed by atoms with Gasteiger partial charge < -0.3 is 14.2 Å². The lowest BCUT2D eigenvalue weighted by Crippen LogP contribution is -2.30. The van der Waals surface area contributed by atoms with Crippen molar-refractivity contribution in [2.24, 2.45) is 0 Å². The first-order chi connectivity index (χ1) is 31.0. The largest absolute Gasteiger partial charge is 0.462 e. The SMILES string of the molecule is CC/C=C\C/C=C\C/C=C\C/C=C\C/C=C\C/C=C\CCCCC(=O)OCC(COC(=O)CCCCCCCCCCCCC)OC(=O)CC/C=C\C/C=C\C/C=C\C/C=C\CC. The molecule has 0 aliphatic rings. The summed E-state index contributed by atoms with van der Waals surface area (Å²) in [4.78, 5) is 37.8. The summed E-state index contributed by atoms with van der Waals surface area (Å²) >= 11 is 0. The van der Waals surface area contributed by atoms with E-state index in [1.807, 2.05) is 12.2 Å². The Bertz CT molecular complexity index is 1370. The molecule has 1 unspecified atom stereocenters. The maximum absolute atomic E-state index is 12.7. The summed E-state index contributed by atoms with van der Waals surface area (Å²) in [6, 6.07) is 0. The van der Waals surface area contributed by atoms with Crippen LogP contribution in [0.2, 0.25) is 0 Å². The number of ether oxygens (including phenoxy) is 3. The van der Waals surface area contributed by atoms with Crippen LogP contribution < -0.4 is 0 Å². The van der Waals surface area contributed by atoms with Crippen LogP contribution in [0.5, 0.6) is 0 Å². The highest BCUT2D eigenvalue weighted by Gasteiger charge is 2.19. The molecular weight excluding hydrogens is 781 g/mol. The minimum absolute atomic E-state index is 0.122. The Labute approximate surface area is 386 Å². The summed E-state index contributed by atoms with van der Waals surface area (Å²) in [5.74, 6) is -1.06. The maximum Gasteiger partial charge on any atom is 0.306 e. The predicted octanol–water partition coefficient (Wildman–Crippen LogP) is 16.5. The molecular formula is C57H90O6. The van der Waals surface area contributed by atoms with Crippen LogP contribution >= 0.6 is 0 Å². The minimum Gasteiger partial charge on any atom is -0.462 e. The van der Waals surface area contributed by atoms with Gasteiger partial charge in [0.15, 0.2) is 6.10 Å². The Morgan fingerprint density at radius 2 is 0.651 bits per heavy atom. The molecule has 6 heteroatoms. The summed E-state index contributed by atoms with van der Waals surface area (Å²) in [7, 11) is 0. The van der Waals surface area contributed by atoms with Gasteiger partial charge in [-0.05, 0) is 96.3 Å². The fourth-order valence-electron chi connectivity index (χ4n) is 6.28. The molecule has 0 aromatic rings. The number of carbonyl (C=O) groups excluding carboxylic acids is 3. The molecule has 1 atom stereocenters. The summed E-state index contributed by atoms with van der Waals surface area (Å²) in [5, 5.41) is 0. The first-order valence-corrected chi connectivity index (χ1v) is 25.0. The number of unbranched alkanes of at least 4 members (excludes halogenated alkanes) is 12. The van der Waals surface area contributed by atoms with Crippen LogP contribution in [-0.2, 0) is 28.6 Å². The van der Waals surface area contributed by atoms with E-state index in [4.69, 9.17) is 14.2 Å². The molecule has 0 bridgehead atoms. The van der Waals surface area contributed by atoms with Gasteiger partial charge in [-0.1, -0.05) is 206 Å². The molecule has 0 aliphatic carbocycles. The normalized spacial score (nSPS) is 13.1. The Morgan fingerprint density at radius 1 is 0.333 bits per heavy atom. The number of hydrogen-bond acceptors (Lipinski definition) is 6. The highest BCUT2D eigenvalue weighted by molar-refractivity contribution is 5.71. The van der Waals surface area contributed by atoms with Gasteiger partial charge in [0.1, 0.15) is 13.2 Å². The van der Waals surface area contributed by atoms with Gasteiger partial charge in [-0.15, -0.1) is 0 Å².